The smallest absolute Gasteiger partial charge is 0.0570 e. The molecule has 1 aliphatic rings. The van der Waals surface area contributed by atoms with E-state index in [1.807, 2.05) is 12.3 Å². The van der Waals surface area contributed by atoms with Gasteiger partial charge in [0.05, 0.1) is 17.6 Å². The van der Waals surface area contributed by atoms with Crippen LogP contribution in [0.25, 0.3) is 0 Å². The second kappa shape index (κ2) is 5.36. The zero-order valence-electron chi connectivity index (χ0n) is 10.8. The number of nitrogens with zero attached hydrogens (tertiary/aromatic N) is 3. The van der Waals surface area contributed by atoms with Gasteiger partial charge in [0.1, 0.15) is 0 Å². The molecule has 4 nitrogen and oxygen atoms in total. The molecular weight excluding hydrogens is 212 g/mol. The highest BCUT2D eigenvalue weighted by Crippen LogP contribution is 2.21. The average molecular weight is 234 g/mol. The molecule has 0 aliphatic carbocycles. The Hall–Kier alpha value is -1.29. The van der Waals surface area contributed by atoms with E-state index in [-0.39, 0.29) is 0 Å². The number of rotatable bonds is 3. The molecule has 0 unspecified atom stereocenters. The number of nitrogens with two attached hydrogens (primary N) is 1. The van der Waals surface area contributed by atoms with E-state index in [1.54, 1.807) is 6.20 Å². The first-order chi connectivity index (χ1) is 8.15. The van der Waals surface area contributed by atoms with Crippen molar-refractivity contribution in [1.82, 2.24) is 9.88 Å². The summed E-state index contributed by atoms with van der Waals surface area (Å²) in [6.45, 7) is 3.53. The Morgan fingerprint density at radius 3 is 2.76 bits per heavy atom. The third kappa shape index (κ3) is 3.33. The summed E-state index contributed by atoms with van der Waals surface area (Å²) in [6, 6.07) is 1.99. The fourth-order valence-electron chi connectivity index (χ4n) is 2.39. The normalized spacial score (nSPS) is 18.2. The van der Waals surface area contributed by atoms with Crippen molar-refractivity contribution in [2.24, 2.45) is 5.92 Å². The predicted octanol–water partition coefficient (Wildman–Crippen LogP) is 1.44. The number of likely N-dealkylation sites (tertiary alicyclic amines) is 1. The average Bonchev–Trinajstić information content (AvgIpc) is 2.32. The van der Waals surface area contributed by atoms with Crippen molar-refractivity contribution in [3.63, 3.8) is 0 Å². The Morgan fingerprint density at radius 2 is 2.12 bits per heavy atom. The fraction of sp³-hybridized carbons (Fsp3) is 0.615. The number of pyridine rings is 1. The van der Waals surface area contributed by atoms with Gasteiger partial charge in [-0.05, 0) is 45.0 Å². The third-order valence-electron chi connectivity index (χ3n) is 3.56. The maximum Gasteiger partial charge on any atom is 0.0570 e. The van der Waals surface area contributed by atoms with Crippen molar-refractivity contribution in [1.29, 1.82) is 0 Å². The molecule has 0 amide bonds. The summed E-state index contributed by atoms with van der Waals surface area (Å²) >= 11 is 0. The molecule has 1 aromatic rings. The van der Waals surface area contributed by atoms with Crippen LogP contribution in [-0.4, -0.2) is 43.6 Å². The quantitative estimate of drug-likeness (QED) is 0.859. The molecule has 0 aromatic carbocycles. The van der Waals surface area contributed by atoms with Gasteiger partial charge >= 0.3 is 0 Å². The largest absolute Gasteiger partial charge is 0.397 e. The number of aromatic nitrogens is 1. The number of anilines is 2. The monoisotopic (exact) mass is 234 g/mol. The zero-order chi connectivity index (χ0) is 12.3. The molecule has 0 saturated carbocycles. The fourth-order valence-corrected chi connectivity index (χ4v) is 2.39. The molecule has 1 saturated heterocycles. The van der Waals surface area contributed by atoms with Gasteiger partial charge in [-0.3, -0.25) is 4.98 Å². The SMILES string of the molecule is CN1CCC(CN(C)c2cncc(N)c2)CC1. The molecular formula is C13H22N4. The summed E-state index contributed by atoms with van der Waals surface area (Å²) < 4.78 is 0. The Morgan fingerprint density at radius 1 is 1.41 bits per heavy atom. The first-order valence-electron chi connectivity index (χ1n) is 6.25. The summed E-state index contributed by atoms with van der Waals surface area (Å²) in [4.78, 5) is 8.80. The van der Waals surface area contributed by atoms with Crippen LogP contribution >= 0.6 is 0 Å². The highest BCUT2D eigenvalue weighted by Gasteiger charge is 2.18. The van der Waals surface area contributed by atoms with E-state index in [0.717, 1.165) is 23.8 Å². The van der Waals surface area contributed by atoms with E-state index in [0.29, 0.717) is 0 Å². The van der Waals surface area contributed by atoms with Crippen LogP contribution in [0.3, 0.4) is 0 Å². The molecule has 2 rings (SSSR count). The molecule has 1 fully saturated rings. The lowest BCUT2D eigenvalue weighted by Crippen LogP contribution is -2.35. The van der Waals surface area contributed by atoms with Crippen molar-refractivity contribution in [3.05, 3.63) is 18.5 Å². The Bertz CT molecular complexity index is 358. The van der Waals surface area contributed by atoms with Gasteiger partial charge in [0.25, 0.3) is 0 Å². The predicted molar refractivity (Wildman–Crippen MR) is 72.1 cm³/mol. The van der Waals surface area contributed by atoms with Crippen molar-refractivity contribution in [3.8, 4) is 0 Å². The molecule has 0 radical (unpaired) electrons. The van der Waals surface area contributed by atoms with Crippen LogP contribution < -0.4 is 10.6 Å². The van der Waals surface area contributed by atoms with Crippen LogP contribution in [0.15, 0.2) is 18.5 Å². The molecule has 1 aromatic heterocycles. The molecule has 17 heavy (non-hydrogen) atoms. The summed E-state index contributed by atoms with van der Waals surface area (Å²) in [7, 11) is 4.32. The van der Waals surface area contributed by atoms with Gasteiger partial charge in [0, 0.05) is 19.8 Å². The topological polar surface area (TPSA) is 45.4 Å². The van der Waals surface area contributed by atoms with Crippen LogP contribution in [0.5, 0.6) is 0 Å². The van der Waals surface area contributed by atoms with Gasteiger partial charge in [-0.25, -0.2) is 0 Å². The van der Waals surface area contributed by atoms with E-state index in [9.17, 15) is 0 Å². The second-order valence-corrected chi connectivity index (χ2v) is 5.10. The van der Waals surface area contributed by atoms with Gasteiger partial charge in [-0.15, -0.1) is 0 Å². The van der Waals surface area contributed by atoms with Gasteiger partial charge in [-0.2, -0.15) is 0 Å². The van der Waals surface area contributed by atoms with Crippen LogP contribution in [0.2, 0.25) is 0 Å². The molecule has 2 heterocycles. The second-order valence-electron chi connectivity index (χ2n) is 5.10. The van der Waals surface area contributed by atoms with Gasteiger partial charge in [-0.1, -0.05) is 0 Å². The van der Waals surface area contributed by atoms with Crippen LogP contribution in [-0.2, 0) is 0 Å². The lowest BCUT2D eigenvalue weighted by atomic mass is 9.96. The summed E-state index contributed by atoms with van der Waals surface area (Å²) in [5.41, 5.74) is 7.60. The Kier molecular flexibility index (Phi) is 3.84. The van der Waals surface area contributed by atoms with Crippen molar-refractivity contribution in [2.45, 2.75) is 12.8 Å². The summed E-state index contributed by atoms with van der Waals surface area (Å²) in [5, 5.41) is 0. The van der Waals surface area contributed by atoms with Crippen LogP contribution in [0, 0.1) is 5.92 Å². The summed E-state index contributed by atoms with van der Waals surface area (Å²) in [6.07, 6.45) is 6.14. The van der Waals surface area contributed by atoms with E-state index in [2.05, 4.69) is 28.9 Å². The Balaban J connectivity index is 1.90. The number of nitrogen functional groups attached to an aromatic ring is 1. The molecule has 94 valence electrons. The van der Waals surface area contributed by atoms with Crippen molar-refractivity contribution in [2.75, 3.05) is 44.4 Å². The minimum atomic E-state index is 0.734. The highest BCUT2D eigenvalue weighted by molar-refractivity contribution is 5.52. The number of piperidine rings is 1. The standard InChI is InChI=1S/C13H22N4/c1-16-5-3-11(4-6-16)10-17(2)13-7-12(14)8-15-9-13/h7-9,11H,3-6,10,14H2,1-2H3. The number of hydrogen-bond donors (Lipinski definition) is 1. The van der Waals surface area contributed by atoms with Gasteiger partial charge in [0.2, 0.25) is 0 Å². The van der Waals surface area contributed by atoms with Crippen molar-refractivity contribution >= 4 is 11.4 Å². The summed E-state index contributed by atoms with van der Waals surface area (Å²) in [5.74, 6) is 0.789. The van der Waals surface area contributed by atoms with Gasteiger partial charge in [0.15, 0.2) is 0 Å². The first kappa shape index (κ1) is 12.2. The lowest BCUT2D eigenvalue weighted by molar-refractivity contribution is 0.222. The van der Waals surface area contributed by atoms with Crippen molar-refractivity contribution < 1.29 is 0 Å². The maximum atomic E-state index is 5.75. The highest BCUT2D eigenvalue weighted by atomic mass is 15.1. The minimum absolute atomic E-state index is 0.734. The maximum absolute atomic E-state index is 5.75. The first-order valence-corrected chi connectivity index (χ1v) is 6.25. The van der Waals surface area contributed by atoms with E-state index in [1.165, 1.54) is 25.9 Å². The molecule has 1 aliphatic heterocycles. The van der Waals surface area contributed by atoms with Crippen LogP contribution in [0.1, 0.15) is 12.8 Å². The van der Waals surface area contributed by atoms with E-state index < -0.39 is 0 Å². The van der Waals surface area contributed by atoms with E-state index >= 15 is 0 Å². The molecule has 4 heteroatoms. The van der Waals surface area contributed by atoms with E-state index in [4.69, 9.17) is 5.73 Å². The zero-order valence-corrected chi connectivity index (χ0v) is 10.8. The molecule has 0 spiro atoms. The lowest BCUT2D eigenvalue weighted by Gasteiger charge is -2.32. The third-order valence-corrected chi connectivity index (χ3v) is 3.56. The molecule has 0 bridgehead atoms. The number of hydrogen-bond acceptors (Lipinski definition) is 4. The molecule has 0 atom stereocenters. The molecule has 2 N–H and O–H groups in total. The Labute approximate surface area is 103 Å². The van der Waals surface area contributed by atoms with Gasteiger partial charge < -0.3 is 15.5 Å². The minimum Gasteiger partial charge on any atom is -0.397 e. The van der Waals surface area contributed by atoms with Crippen LogP contribution in [0.4, 0.5) is 11.4 Å².